The van der Waals surface area contributed by atoms with E-state index in [1.165, 1.54) is 12.8 Å². The van der Waals surface area contributed by atoms with Crippen molar-refractivity contribution in [3.05, 3.63) is 0 Å². The first-order valence-corrected chi connectivity index (χ1v) is 8.84. The molecule has 0 radical (unpaired) electrons. The standard InChI is InChI=1S/C12H25N3O3S/c1-3-15(10-4-5-10)8-7-14-12(16)11(13)6-9-19(2,17)18/h10-11H,3-9,13H2,1-2H3,(H,14,16). The Hall–Kier alpha value is -0.660. The Balaban J connectivity index is 2.18. The number of amides is 1. The summed E-state index contributed by atoms with van der Waals surface area (Å²) in [6.07, 6.45) is 3.81. The summed E-state index contributed by atoms with van der Waals surface area (Å²) in [5.74, 6) is -0.319. The maximum Gasteiger partial charge on any atom is 0.236 e. The minimum Gasteiger partial charge on any atom is -0.353 e. The number of nitrogens with one attached hydrogen (secondary N) is 1. The van der Waals surface area contributed by atoms with Crippen molar-refractivity contribution in [1.29, 1.82) is 0 Å². The van der Waals surface area contributed by atoms with Crippen LogP contribution in [-0.2, 0) is 14.6 Å². The molecular formula is C12H25N3O3S. The van der Waals surface area contributed by atoms with Crippen LogP contribution in [0.25, 0.3) is 0 Å². The van der Waals surface area contributed by atoms with E-state index in [4.69, 9.17) is 5.73 Å². The van der Waals surface area contributed by atoms with E-state index in [1.54, 1.807) is 0 Å². The van der Waals surface area contributed by atoms with Crippen molar-refractivity contribution >= 4 is 15.7 Å². The lowest BCUT2D eigenvalue weighted by atomic mass is 10.2. The molecule has 7 heteroatoms. The molecule has 1 rings (SSSR count). The molecule has 1 fully saturated rings. The van der Waals surface area contributed by atoms with Gasteiger partial charge >= 0.3 is 0 Å². The maximum atomic E-state index is 11.7. The lowest BCUT2D eigenvalue weighted by Gasteiger charge is -2.20. The van der Waals surface area contributed by atoms with E-state index in [9.17, 15) is 13.2 Å². The number of hydrogen-bond donors (Lipinski definition) is 2. The number of nitrogens with zero attached hydrogens (tertiary/aromatic N) is 1. The Morgan fingerprint density at radius 3 is 2.58 bits per heavy atom. The summed E-state index contributed by atoms with van der Waals surface area (Å²) >= 11 is 0. The molecule has 0 spiro atoms. The molecule has 0 bridgehead atoms. The third-order valence-electron chi connectivity index (χ3n) is 3.30. The molecule has 6 nitrogen and oxygen atoms in total. The Kier molecular flexibility index (Phi) is 6.22. The average molecular weight is 291 g/mol. The van der Waals surface area contributed by atoms with E-state index < -0.39 is 15.9 Å². The number of sulfone groups is 1. The predicted octanol–water partition coefficient (Wildman–Crippen LogP) is -0.651. The topological polar surface area (TPSA) is 92.5 Å². The summed E-state index contributed by atoms with van der Waals surface area (Å²) in [4.78, 5) is 14.0. The second kappa shape index (κ2) is 7.21. The van der Waals surface area contributed by atoms with E-state index in [0.29, 0.717) is 12.6 Å². The van der Waals surface area contributed by atoms with Gasteiger partial charge in [0.1, 0.15) is 9.84 Å². The van der Waals surface area contributed by atoms with Crippen molar-refractivity contribution in [1.82, 2.24) is 10.2 Å². The van der Waals surface area contributed by atoms with Crippen LogP contribution in [0.4, 0.5) is 0 Å². The summed E-state index contributed by atoms with van der Waals surface area (Å²) in [5, 5.41) is 2.77. The van der Waals surface area contributed by atoms with Crippen molar-refractivity contribution in [3.63, 3.8) is 0 Å². The summed E-state index contributed by atoms with van der Waals surface area (Å²) < 4.78 is 22.0. The Labute approximate surface area is 115 Å². The number of carbonyl (C=O) groups is 1. The summed E-state index contributed by atoms with van der Waals surface area (Å²) in [6.45, 7) is 4.49. The number of carbonyl (C=O) groups excluding carboxylic acids is 1. The van der Waals surface area contributed by atoms with Crippen LogP contribution in [0.2, 0.25) is 0 Å². The molecule has 1 unspecified atom stereocenters. The fourth-order valence-electron chi connectivity index (χ4n) is 1.96. The van der Waals surface area contributed by atoms with Gasteiger partial charge in [-0.15, -0.1) is 0 Å². The lowest BCUT2D eigenvalue weighted by Crippen LogP contribution is -2.44. The van der Waals surface area contributed by atoms with Crippen LogP contribution in [-0.4, -0.2) is 63.0 Å². The van der Waals surface area contributed by atoms with Gasteiger partial charge in [0.05, 0.1) is 11.8 Å². The van der Waals surface area contributed by atoms with Crippen molar-refractivity contribution in [3.8, 4) is 0 Å². The fraction of sp³-hybridized carbons (Fsp3) is 0.917. The second-order valence-corrected chi connectivity index (χ2v) is 7.44. The molecule has 19 heavy (non-hydrogen) atoms. The molecule has 1 aliphatic rings. The molecule has 0 saturated heterocycles. The normalized spacial score (nSPS) is 17.5. The first-order chi connectivity index (χ1) is 8.83. The van der Waals surface area contributed by atoms with Gasteiger partial charge < -0.3 is 11.1 Å². The molecule has 1 atom stereocenters. The first-order valence-electron chi connectivity index (χ1n) is 6.78. The van der Waals surface area contributed by atoms with Crippen LogP contribution >= 0.6 is 0 Å². The van der Waals surface area contributed by atoms with Gasteiger partial charge in [-0.3, -0.25) is 9.69 Å². The van der Waals surface area contributed by atoms with Gasteiger partial charge in [-0.2, -0.15) is 0 Å². The highest BCUT2D eigenvalue weighted by Gasteiger charge is 2.27. The number of hydrogen-bond acceptors (Lipinski definition) is 5. The van der Waals surface area contributed by atoms with Crippen LogP contribution < -0.4 is 11.1 Å². The minimum absolute atomic E-state index is 0.0508. The molecule has 1 aliphatic carbocycles. The summed E-state index contributed by atoms with van der Waals surface area (Å²) in [6, 6.07) is -0.0634. The smallest absolute Gasteiger partial charge is 0.236 e. The Morgan fingerprint density at radius 2 is 2.11 bits per heavy atom. The van der Waals surface area contributed by atoms with Gasteiger partial charge in [0.2, 0.25) is 5.91 Å². The SMILES string of the molecule is CCN(CCNC(=O)C(N)CCS(C)(=O)=O)C1CC1. The molecule has 0 aliphatic heterocycles. The molecule has 1 saturated carbocycles. The van der Waals surface area contributed by atoms with Crippen molar-refractivity contribution < 1.29 is 13.2 Å². The van der Waals surface area contributed by atoms with E-state index in [0.717, 1.165) is 19.3 Å². The highest BCUT2D eigenvalue weighted by atomic mass is 32.2. The zero-order valence-corrected chi connectivity index (χ0v) is 12.6. The van der Waals surface area contributed by atoms with Crippen molar-refractivity contribution in [2.24, 2.45) is 5.73 Å². The van der Waals surface area contributed by atoms with Gasteiger partial charge in [0.25, 0.3) is 0 Å². The number of nitrogens with two attached hydrogens (primary N) is 1. The highest BCUT2D eigenvalue weighted by molar-refractivity contribution is 7.90. The monoisotopic (exact) mass is 291 g/mol. The van der Waals surface area contributed by atoms with Crippen LogP contribution in [0.5, 0.6) is 0 Å². The average Bonchev–Trinajstić information content (AvgIpc) is 3.14. The Bertz CT molecular complexity index is 393. The van der Waals surface area contributed by atoms with E-state index in [2.05, 4.69) is 17.1 Å². The zero-order valence-electron chi connectivity index (χ0n) is 11.8. The highest BCUT2D eigenvalue weighted by Crippen LogP contribution is 2.25. The third-order valence-corrected chi connectivity index (χ3v) is 4.28. The first kappa shape index (κ1) is 16.4. The summed E-state index contributed by atoms with van der Waals surface area (Å²) in [5.41, 5.74) is 5.66. The Morgan fingerprint density at radius 1 is 1.47 bits per heavy atom. The van der Waals surface area contributed by atoms with Crippen LogP contribution in [0, 0.1) is 0 Å². The summed E-state index contributed by atoms with van der Waals surface area (Å²) in [7, 11) is -3.06. The third kappa shape index (κ3) is 6.89. The molecule has 0 heterocycles. The molecule has 1 amide bonds. The van der Waals surface area contributed by atoms with E-state index >= 15 is 0 Å². The molecule has 0 aromatic carbocycles. The largest absolute Gasteiger partial charge is 0.353 e. The molecule has 0 aromatic rings. The minimum atomic E-state index is -3.06. The van der Waals surface area contributed by atoms with Gasteiger partial charge in [-0.25, -0.2) is 8.42 Å². The van der Waals surface area contributed by atoms with E-state index in [-0.39, 0.29) is 18.1 Å². The number of likely N-dealkylation sites (N-methyl/N-ethyl adjacent to an activating group) is 1. The maximum absolute atomic E-state index is 11.7. The van der Waals surface area contributed by atoms with Gasteiger partial charge in [-0.05, 0) is 25.8 Å². The zero-order chi connectivity index (χ0) is 14.5. The quantitative estimate of drug-likeness (QED) is 0.589. The molecule has 112 valence electrons. The fourth-order valence-corrected chi connectivity index (χ4v) is 2.65. The van der Waals surface area contributed by atoms with Crippen molar-refractivity contribution in [2.75, 3.05) is 31.6 Å². The lowest BCUT2D eigenvalue weighted by molar-refractivity contribution is -0.122. The second-order valence-electron chi connectivity index (χ2n) is 5.18. The van der Waals surface area contributed by atoms with E-state index in [1.807, 2.05) is 0 Å². The van der Waals surface area contributed by atoms with Gasteiger partial charge in [0.15, 0.2) is 0 Å². The molecular weight excluding hydrogens is 266 g/mol. The predicted molar refractivity (Wildman–Crippen MR) is 75.6 cm³/mol. The van der Waals surface area contributed by atoms with Crippen LogP contribution in [0.15, 0.2) is 0 Å². The molecule has 3 N–H and O–H groups in total. The van der Waals surface area contributed by atoms with Crippen LogP contribution in [0.3, 0.4) is 0 Å². The number of rotatable bonds is 9. The van der Waals surface area contributed by atoms with Gasteiger partial charge in [-0.1, -0.05) is 6.92 Å². The van der Waals surface area contributed by atoms with Crippen LogP contribution in [0.1, 0.15) is 26.2 Å². The van der Waals surface area contributed by atoms with Crippen molar-refractivity contribution in [2.45, 2.75) is 38.3 Å². The van der Waals surface area contributed by atoms with Gasteiger partial charge in [0, 0.05) is 25.4 Å². The molecule has 0 aromatic heterocycles.